The van der Waals surface area contributed by atoms with Gasteiger partial charge in [0.1, 0.15) is 0 Å². The zero-order valence-corrected chi connectivity index (χ0v) is 14.9. The third kappa shape index (κ3) is 2.58. The SMILES string of the molecule is NC1=CN2C=CC(c3ccccc3)C(c3ccccc3)=C2c2ccccc21. The van der Waals surface area contributed by atoms with Gasteiger partial charge in [0.05, 0.1) is 11.4 Å². The molecule has 1 unspecified atom stereocenters. The predicted octanol–water partition coefficient (Wildman–Crippen LogP) is 5.44. The molecule has 1 atom stereocenters. The average molecular weight is 348 g/mol. The van der Waals surface area contributed by atoms with E-state index in [-0.39, 0.29) is 5.92 Å². The van der Waals surface area contributed by atoms with Crippen LogP contribution in [0.5, 0.6) is 0 Å². The Morgan fingerprint density at radius 3 is 2.07 bits per heavy atom. The summed E-state index contributed by atoms with van der Waals surface area (Å²) in [5.74, 6) is 0.195. The Balaban J connectivity index is 1.82. The molecule has 5 rings (SSSR count). The summed E-state index contributed by atoms with van der Waals surface area (Å²) in [6, 6.07) is 29.7. The average Bonchev–Trinajstić information content (AvgIpc) is 2.74. The molecular formula is C25H20N2. The van der Waals surface area contributed by atoms with Crippen LogP contribution in [0.2, 0.25) is 0 Å². The molecule has 0 aliphatic carbocycles. The number of benzene rings is 3. The van der Waals surface area contributed by atoms with Crippen LogP contribution < -0.4 is 5.73 Å². The lowest BCUT2D eigenvalue weighted by atomic mass is 9.80. The third-order valence-electron chi connectivity index (χ3n) is 5.28. The number of nitrogens with zero attached hydrogens (tertiary/aromatic N) is 1. The smallest absolute Gasteiger partial charge is 0.0576 e. The Morgan fingerprint density at radius 2 is 1.33 bits per heavy atom. The first kappa shape index (κ1) is 15.7. The lowest BCUT2D eigenvalue weighted by molar-refractivity contribution is 0.696. The third-order valence-corrected chi connectivity index (χ3v) is 5.28. The van der Waals surface area contributed by atoms with Crippen molar-refractivity contribution < 1.29 is 0 Å². The van der Waals surface area contributed by atoms with Gasteiger partial charge in [0, 0.05) is 29.4 Å². The summed E-state index contributed by atoms with van der Waals surface area (Å²) < 4.78 is 0. The Bertz CT molecular complexity index is 1080. The van der Waals surface area contributed by atoms with Crippen LogP contribution >= 0.6 is 0 Å². The summed E-state index contributed by atoms with van der Waals surface area (Å²) in [6.07, 6.45) is 6.43. The molecule has 2 nitrogen and oxygen atoms in total. The van der Waals surface area contributed by atoms with E-state index < -0.39 is 0 Å². The van der Waals surface area contributed by atoms with E-state index >= 15 is 0 Å². The van der Waals surface area contributed by atoms with Crippen molar-refractivity contribution in [3.05, 3.63) is 126 Å². The van der Waals surface area contributed by atoms with E-state index in [1.54, 1.807) is 0 Å². The van der Waals surface area contributed by atoms with Crippen LogP contribution in [0.15, 0.2) is 103 Å². The van der Waals surface area contributed by atoms with E-state index in [2.05, 4.69) is 96.0 Å². The van der Waals surface area contributed by atoms with Crippen LogP contribution in [0, 0.1) is 0 Å². The van der Waals surface area contributed by atoms with Gasteiger partial charge in [0.2, 0.25) is 0 Å². The van der Waals surface area contributed by atoms with E-state index in [9.17, 15) is 0 Å². The summed E-state index contributed by atoms with van der Waals surface area (Å²) in [7, 11) is 0. The fourth-order valence-electron chi connectivity index (χ4n) is 4.06. The van der Waals surface area contributed by atoms with Gasteiger partial charge in [-0.15, -0.1) is 0 Å². The van der Waals surface area contributed by atoms with E-state index in [4.69, 9.17) is 5.73 Å². The quantitative estimate of drug-likeness (QED) is 0.668. The van der Waals surface area contributed by atoms with E-state index in [0.29, 0.717) is 0 Å². The molecule has 3 aromatic rings. The van der Waals surface area contributed by atoms with Crippen LogP contribution in [0.4, 0.5) is 0 Å². The molecule has 2 heterocycles. The van der Waals surface area contributed by atoms with Crippen molar-refractivity contribution in [2.75, 3.05) is 0 Å². The molecule has 27 heavy (non-hydrogen) atoms. The van der Waals surface area contributed by atoms with Gasteiger partial charge in [-0.1, -0.05) is 91.0 Å². The summed E-state index contributed by atoms with van der Waals surface area (Å²) in [6.45, 7) is 0. The summed E-state index contributed by atoms with van der Waals surface area (Å²) in [5, 5.41) is 0. The first-order chi connectivity index (χ1) is 13.3. The number of nitrogens with two attached hydrogens (primary N) is 1. The first-order valence-electron chi connectivity index (χ1n) is 9.21. The Kier molecular flexibility index (Phi) is 3.68. The second kappa shape index (κ2) is 6.33. The molecule has 0 radical (unpaired) electrons. The zero-order chi connectivity index (χ0) is 18.2. The van der Waals surface area contributed by atoms with Crippen molar-refractivity contribution >= 4 is 17.0 Å². The largest absolute Gasteiger partial charge is 0.397 e. The molecule has 0 saturated heterocycles. The number of allylic oxidation sites excluding steroid dienone is 2. The van der Waals surface area contributed by atoms with Crippen molar-refractivity contribution in [2.24, 2.45) is 5.73 Å². The van der Waals surface area contributed by atoms with Gasteiger partial charge < -0.3 is 10.6 Å². The molecule has 130 valence electrons. The van der Waals surface area contributed by atoms with Gasteiger partial charge in [-0.3, -0.25) is 0 Å². The minimum Gasteiger partial charge on any atom is -0.397 e. The van der Waals surface area contributed by atoms with Crippen LogP contribution in [-0.2, 0) is 0 Å². The van der Waals surface area contributed by atoms with Crippen molar-refractivity contribution in [1.29, 1.82) is 0 Å². The highest BCUT2D eigenvalue weighted by Crippen LogP contribution is 2.46. The summed E-state index contributed by atoms with van der Waals surface area (Å²) in [5.41, 5.74) is 14.5. The molecule has 3 aromatic carbocycles. The number of hydrogen-bond donors (Lipinski definition) is 1. The second-order valence-electron chi connectivity index (χ2n) is 6.90. The van der Waals surface area contributed by atoms with Gasteiger partial charge >= 0.3 is 0 Å². The maximum absolute atomic E-state index is 6.35. The Labute approximate surface area is 159 Å². The molecule has 0 fully saturated rings. The standard InChI is InChI=1S/C25H20N2/c26-23-17-27-16-15-20(18-9-3-1-4-10-18)24(19-11-5-2-6-12-19)25(27)22-14-8-7-13-21(22)23/h1-17,20H,26H2. The number of fused-ring (bicyclic) bond motifs is 3. The predicted molar refractivity (Wildman–Crippen MR) is 112 cm³/mol. The maximum atomic E-state index is 6.35. The lowest BCUT2D eigenvalue weighted by Crippen LogP contribution is -2.23. The minimum atomic E-state index is 0.195. The van der Waals surface area contributed by atoms with Gasteiger partial charge in [0.15, 0.2) is 0 Å². The van der Waals surface area contributed by atoms with Crippen LogP contribution in [0.25, 0.3) is 17.0 Å². The highest BCUT2D eigenvalue weighted by molar-refractivity contribution is 5.99. The fourth-order valence-corrected chi connectivity index (χ4v) is 4.06. The van der Waals surface area contributed by atoms with Gasteiger partial charge in [-0.05, 0) is 16.7 Å². The first-order valence-corrected chi connectivity index (χ1v) is 9.21. The molecule has 0 bridgehead atoms. The van der Waals surface area contributed by atoms with Crippen molar-refractivity contribution in [3.63, 3.8) is 0 Å². The molecule has 2 aliphatic rings. The molecule has 2 N–H and O–H groups in total. The van der Waals surface area contributed by atoms with Crippen LogP contribution in [0.1, 0.15) is 28.2 Å². The van der Waals surface area contributed by atoms with E-state index in [1.165, 1.54) is 28.0 Å². The van der Waals surface area contributed by atoms with E-state index in [1.807, 2.05) is 12.3 Å². The van der Waals surface area contributed by atoms with Crippen LogP contribution in [-0.4, -0.2) is 4.90 Å². The van der Waals surface area contributed by atoms with E-state index in [0.717, 1.165) is 11.3 Å². The Hall–Kier alpha value is -3.52. The molecular weight excluding hydrogens is 328 g/mol. The normalized spacial score (nSPS) is 18.0. The molecule has 0 aromatic heterocycles. The monoisotopic (exact) mass is 348 g/mol. The van der Waals surface area contributed by atoms with Crippen LogP contribution in [0.3, 0.4) is 0 Å². The topological polar surface area (TPSA) is 29.3 Å². The van der Waals surface area contributed by atoms with Crippen molar-refractivity contribution in [3.8, 4) is 0 Å². The minimum absolute atomic E-state index is 0.195. The molecule has 0 saturated carbocycles. The zero-order valence-electron chi connectivity index (χ0n) is 14.9. The van der Waals surface area contributed by atoms with Crippen molar-refractivity contribution in [2.45, 2.75) is 5.92 Å². The summed E-state index contributed by atoms with van der Waals surface area (Å²) >= 11 is 0. The fraction of sp³-hybridized carbons (Fsp3) is 0.0400. The molecule has 0 spiro atoms. The second-order valence-corrected chi connectivity index (χ2v) is 6.90. The highest BCUT2D eigenvalue weighted by atomic mass is 15.1. The van der Waals surface area contributed by atoms with Crippen molar-refractivity contribution in [1.82, 2.24) is 4.90 Å². The number of hydrogen-bond acceptors (Lipinski definition) is 2. The Morgan fingerprint density at radius 1 is 0.704 bits per heavy atom. The van der Waals surface area contributed by atoms with Gasteiger partial charge in [-0.25, -0.2) is 0 Å². The van der Waals surface area contributed by atoms with Gasteiger partial charge in [0.25, 0.3) is 0 Å². The van der Waals surface area contributed by atoms with Gasteiger partial charge in [-0.2, -0.15) is 0 Å². The maximum Gasteiger partial charge on any atom is 0.0576 e. The summed E-state index contributed by atoms with van der Waals surface area (Å²) in [4.78, 5) is 2.17. The highest BCUT2D eigenvalue weighted by Gasteiger charge is 2.30. The lowest BCUT2D eigenvalue weighted by Gasteiger charge is -2.36. The molecule has 2 aliphatic heterocycles. The molecule has 2 heteroatoms. The molecule has 0 amide bonds. The number of rotatable bonds is 2.